The molecule has 0 aromatic heterocycles. The van der Waals surface area contributed by atoms with Crippen molar-refractivity contribution in [3.05, 3.63) is 282 Å². The quantitative estimate of drug-likeness (QED) is 0.128. The molecule has 0 bridgehead atoms. The highest BCUT2D eigenvalue weighted by atomic mass is 15.2. The lowest BCUT2D eigenvalue weighted by atomic mass is 9.81. The minimum Gasteiger partial charge on any atom is -0.333 e. The molecule has 1 heterocycles. The fourth-order valence-electron chi connectivity index (χ4n) is 12.2. The maximum atomic E-state index is 4.30. The number of hydrogen-bond acceptors (Lipinski definition) is 3. The molecule has 2 atom stereocenters. The summed E-state index contributed by atoms with van der Waals surface area (Å²) in [7, 11) is 0. The smallest absolute Gasteiger partial charge is 0.0630 e. The average Bonchev–Trinajstić information content (AvgIpc) is 3.92. The van der Waals surface area contributed by atoms with Crippen LogP contribution in [-0.2, 0) is 10.8 Å². The maximum Gasteiger partial charge on any atom is 0.0630 e. The molecule has 0 fully saturated rings. The van der Waals surface area contributed by atoms with E-state index in [2.05, 4.69) is 283 Å². The Hall–Kier alpha value is -8.14. The van der Waals surface area contributed by atoms with Crippen LogP contribution in [0.2, 0.25) is 0 Å². The van der Waals surface area contributed by atoms with Crippen LogP contribution in [-0.4, -0.2) is 6.04 Å². The number of rotatable bonds is 11. The van der Waals surface area contributed by atoms with Crippen molar-refractivity contribution >= 4 is 62.2 Å². The lowest BCUT2D eigenvalue weighted by Crippen LogP contribution is -2.29. The number of nitrogens with zero attached hydrogens (tertiary/aromatic N) is 3. The van der Waals surface area contributed by atoms with Gasteiger partial charge in [-0.3, -0.25) is 0 Å². The molecule has 72 heavy (non-hydrogen) atoms. The van der Waals surface area contributed by atoms with E-state index in [0.717, 1.165) is 39.7 Å². The number of anilines is 8. The lowest BCUT2D eigenvalue weighted by molar-refractivity contribution is 0.654. The standard InChI is InChI=1S/C69H63N3/c1-10-22-56-58-37-35-52(44-64(58)68(6,7)62(56)12-3)71(50-26-18-15-19-27-50)55-41-48(40-54(43-55)70(49-24-16-14-17-25-49)51-33-30-46(5)31-34-51)47-32-39-67-61(42-47)60-28-20-21-29-66(60)72(67)53-36-38-59-57(23-11-2)63(13-4)69(8,9)65(59)45-53/h10-45,61,67H,2-3H2,1,4-9H3/b22-10-,57-23-,63-13+. The van der Waals surface area contributed by atoms with Gasteiger partial charge >= 0.3 is 0 Å². The van der Waals surface area contributed by atoms with E-state index in [9.17, 15) is 0 Å². The molecule has 11 rings (SSSR count). The van der Waals surface area contributed by atoms with Gasteiger partial charge in [0.2, 0.25) is 0 Å². The number of hydrogen-bond donors (Lipinski definition) is 0. The third-order valence-corrected chi connectivity index (χ3v) is 15.6. The number of aryl methyl sites for hydroxylation is 1. The third-order valence-electron chi connectivity index (χ3n) is 15.6. The number of benzene rings is 7. The van der Waals surface area contributed by atoms with Crippen LogP contribution in [0, 0.1) is 6.92 Å². The van der Waals surface area contributed by atoms with Crippen molar-refractivity contribution in [2.24, 2.45) is 0 Å². The number of fused-ring (bicyclic) bond motifs is 5. The van der Waals surface area contributed by atoms with E-state index < -0.39 is 0 Å². The molecule has 3 heteroatoms. The Morgan fingerprint density at radius 2 is 1.21 bits per heavy atom. The SMILES string of the molecule is C=C/C=C1\C(=C/C)C(C)(C)c2cc(N3c4ccccc4C4C=C(c5cc(N(c6ccccc6)c6ccc(C)cc6)cc(N(c6ccccc6)c6ccc7c(c6)C(C)(C)C(C=C)=C7/C=C\C)c5)C=CC43)ccc21. The fourth-order valence-corrected chi connectivity index (χ4v) is 12.2. The second-order valence-electron chi connectivity index (χ2n) is 20.6. The first-order valence-electron chi connectivity index (χ1n) is 25.5. The molecule has 7 aromatic rings. The highest BCUT2D eigenvalue weighted by molar-refractivity contribution is 5.94. The molecule has 3 aliphatic carbocycles. The van der Waals surface area contributed by atoms with Gasteiger partial charge in [0.15, 0.2) is 0 Å². The molecule has 1 aliphatic heterocycles. The van der Waals surface area contributed by atoms with Crippen molar-refractivity contribution in [3.8, 4) is 0 Å². The summed E-state index contributed by atoms with van der Waals surface area (Å²) in [6, 6.07) is 60.9. The summed E-state index contributed by atoms with van der Waals surface area (Å²) < 4.78 is 0. The third kappa shape index (κ3) is 7.58. The average molecular weight is 934 g/mol. The van der Waals surface area contributed by atoms with Crippen LogP contribution in [0.5, 0.6) is 0 Å². The molecular formula is C69H63N3. The predicted molar refractivity (Wildman–Crippen MR) is 309 cm³/mol. The molecule has 2 unspecified atom stereocenters. The van der Waals surface area contributed by atoms with Gasteiger partial charge in [-0.15, -0.1) is 0 Å². The van der Waals surface area contributed by atoms with E-state index in [0.29, 0.717) is 0 Å². The summed E-state index contributed by atoms with van der Waals surface area (Å²) in [6.07, 6.45) is 20.1. The second kappa shape index (κ2) is 18.2. The summed E-state index contributed by atoms with van der Waals surface area (Å²) in [4.78, 5) is 7.41. The summed E-state index contributed by atoms with van der Waals surface area (Å²) in [5.41, 5.74) is 23.8. The van der Waals surface area contributed by atoms with Crippen LogP contribution in [0.25, 0.3) is 16.7 Å². The summed E-state index contributed by atoms with van der Waals surface area (Å²) >= 11 is 0. The molecule has 0 amide bonds. The summed E-state index contributed by atoms with van der Waals surface area (Å²) in [6.45, 7) is 24.1. The van der Waals surface area contributed by atoms with Crippen LogP contribution in [0.4, 0.5) is 45.5 Å². The van der Waals surface area contributed by atoms with E-state index >= 15 is 0 Å². The molecule has 0 radical (unpaired) electrons. The van der Waals surface area contributed by atoms with Gasteiger partial charge in [0, 0.05) is 62.2 Å². The zero-order valence-electron chi connectivity index (χ0n) is 42.7. The number of allylic oxidation sites excluding steroid dienone is 12. The van der Waals surface area contributed by atoms with Crippen LogP contribution < -0.4 is 14.7 Å². The van der Waals surface area contributed by atoms with Gasteiger partial charge in [0.25, 0.3) is 0 Å². The van der Waals surface area contributed by atoms with Gasteiger partial charge < -0.3 is 14.7 Å². The van der Waals surface area contributed by atoms with E-state index in [1.54, 1.807) is 0 Å². The van der Waals surface area contributed by atoms with Gasteiger partial charge in [-0.25, -0.2) is 0 Å². The fraction of sp³-hybridized carbons (Fsp3) is 0.159. The van der Waals surface area contributed by atoms with Crippen molar-refractivity contribution in [1.29, 1.82) is 0 Å². The second-order valence-corrected chi connectivity index (χ2v) is 20.6. The van der Waals surface area contributed by atoms with Crippen molar-refractivity contribution in [3.63, 3.8) is 0 Å². The van der Waals surface area contributed by atoms with Gasteiger partial charge in [0.05, 0.1) is 6.04 Å². The van der Waals surface area contributed by atoms with Gasteiger partial charge in [0.1, 0.15) is 0 Å². The monoisotopic (exact) mass is 934 g/mol. The molecule has 354 valence electrons. The summed E-state index contributed by atoms with van der Waals surface area (Å²) in [5.74, 6) is 0.126. The largest absolute Gasteiger partial charge is 0.333 e. The molecule has 7 aromatic carbocycles. The highest BCUT2D eigenvalue weighted by Gasteiger charge is 2.42. The van der Waals surface area contributed by atoms with Gasteiger partial charge in [-0.2, -0.15) is 0 Å². The minimum absolute atomic E-state index is 0.103. The Morgan fingerprint density at radius 3 is 1.86 bits per heavy atom. The number of para-hydroxylation sites is 3. The van der Waals surface area contributed by atoms with E-state index in [-0.39, 0.29) is 22.8 Å². The van der Waals surface area contributed by atoms with Crippen LogP contribution in [0.3, 0.4) is 0 Å². The molecule has 4 aliphatic rings. The van der Waals surface area contributed by atoms with Crippen molar-refractivity contribution in [2.45, 2.75) is 71.3 Å². The molecule has 0 saturated carbocycles. The Labute approximate surface area is 427 Å². The van der Waals surface area contributed by atoms with Gasteiger partial charge in [-0.1, -0.05) is 180 Å². The molecule has 0 saturated heterocycles. The molecule has 0 N–H and O–H groups in total. The van der Waals surface area contributed by atoms with Crippen LogP contribution in [0.1, 0.15) is 86.4 Å². The summed E-state index contributed by atoms with van der Waals surface area (Å²) in [5, 5.41) is 0. The minimum atomic E-state index is -0.233. The molecule has 0 spiro atoms. The Kier molecular flexibility index (Phi) is 11.7. The Morgan fingerprint density at radius 1 is 0.597 bits per heavy atom. The normalized spacial score (nSPS) is 19.0. The van der Waals surface area contributed by atoms with Crippen molar-refractivity contribution in [2.75, 3.05) is 14.7 Å². The van der Waals surface area contributed by atoms with E-state index in [1.807, 2.05) is 12.2 Å². The van der Waals surface area contributed by atoms with Crippen LogP contribution >= 0.6 is 0 Å². The first kappa shape index (κ1) is 46.3. The zero-order chi connectivity index (χ0) is 49.9. The van der Waals surface area contributed by atoms with E-state index in [4.69, 9.17) is 0 Å². The zero-order valence-corrected chi connectivity index (χ0v) is 42.7. The van der Waals surface area contributed by atoms with E-state index in [1.165, 1.54) is 72.6 Å². The Balaban J connectivity index is 1.09. The molecule has 3 nitrogen and oxygen atoms in total. The lowest BCUT2D eigenvalue weighted by Gasteiger charge is -2.32. The Bertz CT molecular complexity index is 3480. The van der Waals surface area contributed by atoms with Crippen LogP contribution in [0.15, 0.2) is 243 Å². The topological polar surface area (TPSA) is 9.72 Å². The maximum absolute atomic E-state index is 4.30. The molecular weight excluding hydrogens is 871 g/mol. The first-order valence-corrected chi connectivity index (χ1v) is 25.5. The van der Waals surface area contributed by atoms with Crippen molar-refractivity contribution in [1.82, 2.24) is 0 Å². The van der Waals surface area contributed by atoms with Crippen molar-refractivity contribution < 1.29 is 0 Å². The van der Waals surface area contributed by atoms with Gasteiger partial charge in [-0.05, 0) is 167 Å². The first-order chi connectivity index (χ1) is 35.0. The highest BCUT2D eigenvalue weighted by Crippen LogP contribution is 2.55. The predicted octanol–water partition coefficient (Wildman–Crippen LogP) is 18.8.